The van der Waals surface area contributed by atoms with E-state index >= 15 is 0 Å². The van der Waals surface area contributed by atoms with Crippen molar-refractivity contribution in [2.45, 2.75) is 25.8 Å². The highest BCUT2D eigenvalue weighted by molar-refractivity contribution is 5.85. The summed E-state index contributed by atoms with van der Waals surface area (Å²) < 4.78 is 0. The number of nitrogens with zero attached hydrogens (tertiary/aromatic N) is 5. The zero-order valence-corrected chi connectivity index (χ0v) is 12.3. The molecule has 0 aliphatic carbocycles. The molecule has 2 aromatic rings. The van der Waals surface area contributed by atoms with Gasteiger partial charge in [-0.3, -0.25) is 0 Å². The van der Waals surface area contributed by atoms with Crippen LogP contribution in [0.2, 0.25) is 0 Å². The normalized spacial score (nSPS) is 15.8. The third-order valence-corrected chi connectivity index (χ3v) is 3.55. The predicted octanol–water partition coefficient (Wildman–Crippen LogP) is 2.25. The van der Waals surface area contributed by atoms with Gasteiger partial charge in [-0.2, -0.15) is 4.80 Å². The van der Waals surface area contributed by atoms with Gasteiger partial charge in [0, 0.05) is 12.1 Å². The second kappa shape index (κ2) is 7.36. The topological polar surface area (TPSA) is 46.8 Å². The summed E-state index contributed by atoms with van der Waals surface area (Å²) in [5.41, 5.74) is 1.02. The van der Waals surface area contributed by atoms with Gasteiger partial charge in [-0.15, -0.1) is 22.6 Å². The van der Waals surface area contributed by atoms with Gasteiger partial charge in [-0.25, -0.2) is 0 Å². The average Bonchev–Trinajstić information content (AvgIpc) is 2.96. The zero-order chi connectivity index (χ0) is 12.9. The molecule has 20 heavy (non-hydrogen) atoms. The molecular weight excluding hydrogens is 274 g/mol. The first-order chi connectivity index (χ1) is 9.42. The van der Waals surface area contributed by atoms with Crippen molar-refractivity contribution in [2.24, 2.45) is 0 Å². The molecule has 0 spiro atoms. The van der Waals surface area contributed by atoms with E-state index in [-0.39, 0.29) is 12.4 Å². The number of tetrazole rings is 1. The number of benzene rings is 1. The lowest BCUT2D eigenvalue weighted by atomic mass is 10.1. The van der Waals surface area contributed by atoms with Gasteiger partial charge in [0.1, 0.15) is 0 Å². The molecule has 6 heteroatoms. The summed E-state index contributed by atoms with van der Waals surface area (Å²) in [6, 6.07) is 9.98. The fraction of sp³-hybridized carbons (Fsp3) is 0.500. The second-order valence-electron chi connectivity index (χ2n) is 4.98. The van der Waals surface area contributed by atoms with Gasteiger partial charge >= 0.3 is 0 Å². The van der Waals surface area contributed by atoms with Gasteiger partial charge < -0.3 is 4.90 Å². The summed E-state index contributed by atoms with van der Waals surface area (Å²) in [4.78, 5) is 4.19. The van der Waals surface area contributed by atoms with Crippen LogP contribution in [0.1, 0.15) is 19.3 Å². The Bertz CT molecular complexity index is 507. The van der Waals surface area contributed by atoms with Crippen LogP contribution in [0, 0.1) is 0 Å². The van der Waals surface area contributed by atoms with Crippen LogP contribution in [0.15, 0.2) is 30.3 Å². The van der Waals surface area contributed by atoms with E-state index in [1.165, 1.54) is 32.4 Å². The average molecular weight is 294 g/mol. The van der Waals surface area contributed by atoms with Crippen molar-refractivity contribution in [3.63, 3.8) is 0 Å². The molecule has 1 aliphatic heterocycles. The van der Waals surface area contributed by atoms with Crippen LogP contribution < -0.4 is 0 Å². The third-order valence-electron chi connectivity index (χ3n) is 3.55. The van der Waals surface area contributed by atoms with Crippen molar-refractivity contribution < 1.29 is 0 Å². The van der Waals surface area contributed by atoms with E-state index in [4.69, 9.17) is 0 Å². The Kier molecular flexibility index (Phi) is 5.49. The largest absolute Gasteiger partial charge is 0.301 e. The Morgan fingerprint density at radius 2 is 1.70 bits per heavy atom. The molecule has 108 valence electrons. The predicted molar refractivity (Wildman–Crippen MR) is 80.8 cm³/mol. The Labute approximate surface area is 125 Å². The van der Waals surface area contributed by atoms with Crippen LogP contribution >= 0.6 is 12.4 Å². The third kappa shape index (κ3) is 3.77. The monoisotopic (exact) mass is 293 g/mol. The lowest BCUT2D eigenvalue weighted by Crippen LogP contribution is -2.33. The van der Waals surface area contributed by atoms with E-state index in [0.29, 0.717) is 5.82 Å². The number of halogens is 1. The molecule has 0 amide bonds. The Morgan fingerprint density at radius 3 is 2.45 bits per heavy atom. The van der Waals surface area contributed by atoms with Crippen LogP contribution in [0.25, 0.3) is 11.4 Å². The van der Waals surface area contributed by atoms with Gasteiger partial charge in [-0.1, -0.05) is 36.8 Å². The lowest BCUT2D eigenvalue weighted by molar-refractivity contribution is 0.213. The van der Waals surface area contributed by atoms with Gasteiger partial charge in [0.15, 0.2) is 0 Å². The second-order valence-corrected chi connectivity index (χ2v) is 4.98. The standard InChI is InChI=1S/C14H19N5.ClH/c1-3-7-13(8-4-1)14-15-17-19(16-14)12-11-18-9-5-2-6-10-18;/h1,3-4,7-8H,2,5-6,9-12H2;1H. The number of aromatic nitrogens is 4. The smallest absolute Gasteiger partial charge is 0.204 e. The highest BCUT2D eigenvalue weighted by atomic mass is 35.5. The lowest BCUT2D eigenvalue weighted by Gasteiger charge is -2.25. The molecule has 0 radical (unpaired) electrons. The van der Waals surface area contributed by atoms with E-state index < -0.39 is 0 Å². The highest BCUT2D eigenvalue weighted by Gasteiger charge is 2.11. The first kappa shape index (κ1) is 14.9. The van der Waals surface area contributed by atoms with Crippen LogP contribution in [0.5, 0.6) is 0 Å². The number of hydrogen-bond acceptors (Lipinski definition) is 4. The maximum absolute atomic E-state index is 4.43. The molecule has 0 bridgehead atoms. The molecule has 0 saturated carbocycles. The first-order valence-electron chi connectivity index (χ1n) is 6.97. The zero-order valence-electron chi connectivity index (χ0n) is 11.5. The van der Waals surface area contributed by atoms with E-state index in [0.717, 1.165) is 18.7 Å². The Balaban J connectivity index is 0.00000147. The molecule has 1 aromatic carbocycles. The maximum Gasteiger partial charge on any atom is 0.204 e. The molecule has 2 heterocycles. The van der Waals surface area contributed by atoms with E-state index in [9.17, 15) is 0 Å². The van der Waals surface area contributed by atoms with Crippen molar-refractivity contribution in [1.82, 2.24) is 25.1 Å². The summed E-state index contributed by atoms with van der Waals surface area (Å²) in [5, 5.41) is 12.7. The molecule has 1 fully saturated rings. The molecule has 0 atom stereocenters. The van der Waals surface area contributed by atoms with Crippen molar-refractivity contribution >= 4 is 12.4 Å². The SMILES string of the molecule is Cl.c1ccc(-c2nnn(CCN3CCCCC3)n2)cc1. The summed E-state index contributed by atoms with van der Waals surface area (Å²) >= 11 is 0. The Hall–Kier alpha value is -1.46. The van der Waals surface area contributed by atoms with Crippen LogP contribution in [-0.2, 0) is 6.54 Å². The van der Waals surface area contributed by atoms with Crippen LogP contribution in [0.3, 0.4) is 0 Å². The summed E-state index contributed by atoms with van der Waals surface area (Å²) in [7, 11) is 0. The quantitative estimate of drug-likeness (QED) is 0.867. The van der Waals surface area contributed by atoms with E-state index in [2.05, 4.69) is 20.3 Å². The Morgan fingerprint density at radius 1 is 0.950 bits per heavy atom. The molecule has 0 unspecified atom stereocenters. The van der Waals surface area contributed by atoms with Crippen molar-refractivity contribution in [1.29, 1.82) is 0 Å². The number of piperidine rings is 1. The minimum absolute atomic E-state index is 0. The maximum atomic E-state index is 4.43. The van der Waals surface area contributed by atoms with E-state index in [1.54, 1.807) is 4.80 Å². The number of likely N-dealkylation sites (tertiary alicyclic amines) is 1. The van der Waals surface area contributed by atoms with Gasteiger partial charge in [0.25, 0.3) is 0 Å². The van der Waals surface area contributed by atoms with Crippen molar-refractivity contribution in [2.75, 3.05) is 19.6 Å². The molecule has 1 saturated heterocycles. The summed E-state index contributed by atoms with van der Waals surface area (Å²) in [6.45, 7) is 4.25. The minimum Gasteiger partial charge on any atom is -0.301 e. The van der Waals surface area contributed by atoms with Gasteiger partial charge in [0.05, 0.1) is 6.54 Å². The molecule has 3 rings (SSSR count). The molecular formula is C14H20ClN5. The summed E-state index contributed by atoms with van der Waals surface area (Å²) in [6.07, 6.45) is 4.01. The van der Waals surface area contributed by atoms with Gasteiger partial charge in [-0.05, 0) is 31.1 Å². The van der Waals surface area contributed by atoms with E-state index in [1.807, 2.05) is 30.3 Å². The summed E-state index contributed by atoms with van der Waals surface area (Å²) in [5.74, 6) is 0.708. The van der Waals surface area contributed by atoms with Crippen LogP contribution in [-0.4, -0.2) is 44.7 Å². The number of rotatable bonds is 4. The first-order valence-corrected chi connectivity index (χ1v) is 6.97. The fourth-order valence-corrected chi connectivity index (χ4v) is 2.45. The van der Waals surface area contributed by atoms with Crippen molar-refractivity contribution in [3.05, 3.63) is 30.3 Å². The van der Waals surface area contributed by atoms with Crippen molar-refractivity contribution in [3.8, 4) is 11.4 Å². The highest BCUT2D eigenvalue weighted by Crippen LogP contribution is 2.12. The molecule has 5 nitrogen and oxygen atoms in total. The number of hydrogen-bond donors (Lipinski definition) is 0. The molecule has 1 aromatic heterocycles. The fourth-order valence-electron chi connectivity index (χ4n) is 2.45. The molecule has 1 aliphatic rings. The minimum atomic E-state index is 0. The van der Waals surface area contributed by atoms with Crippen LogP contribution in [0.4, 0.5) is 0 Å². The molecule has 0 N–H and O–H groups in total. The van der Waals surface area contributed by atoms with Gasteiger partial charge in [0.2, 0.25) is 5.82 Å².